The molecule has 1 fully saturated rings. The third-order valence-electron chi connectivity index (χ3n) is 3.81. The van der Waals surface area contributed by atoms with Crippen LogP contribution < -0.4 is 0 Å². The average Bonchev–Trinajstić information content (AvgIpc) is 3.12. The van der Waals surface area contributed by atoms with Gasteiger partial charge in [-0.3, -0.25) is 9.36 Å². The monoisotopic (exact) mass is 312 g/mol. The van der Waals surface area contributed by atoms with Gasteiger partial charge in [-0.25, -0.2) is 0 Å². The van der Waals surface area contributed by atoms with E-state index in [9.17, 15) is 4.79 Å². The first-order chi connectivity index (χ1) is 10.7. The lowest BCUT2D eigenvalue weighted by Gasteiger charge is -2.07. The van der Waals surface area contributed by atoms with Gasteiger partial charge in [-0.2, -0.15) is 0 Å². The maximum Gasteiger partial charge on any atom is 0.192 e. The molecule has 0 amide bonds. The molecule has 112 valence electrons. The van der Waals surface area contributed by atoms with Crippen LogP contribution in [0.15, 0.2) is 35.6 Å². The third kappa shape index (κ3) is 2.33. The summed E-state index contributed by atoms with van der Waals surface area (Å²) in [6, 6.07) is 8.66. The van der Waals surface area contributed by atoms with E-state index >= 15 is 0 Å². The zero-order valence-corrected chi connectivity index (χ0v) is 13.1. The molecule has 6 heteroatoms. The first-order valence-electron chi connectivity index (χ1n) is 7.37. The number of rotatable bonds is 5. The van der Waals surface area contributed by atoms with Crippen molar-refractivity contribution in [3.63, 3.8) is 0 Å². The van der Waals surface area contributed by atoms with Crippen molar-refractivity contribution in [3.8, 4) is 11.4 Å². The molecule has 0 saturated heterocycles. The Hall–Kier alpha value is -2.08. The van der Waals surface area contributed by atoms with Crippen molar-refractivity contribution in [3.05, 3.63) is 30.5 Å². The molecule has 2 heterocycles. The number of fused-ring (bicyclic) bond motifs is 1. The van der Waals surface area contributed by atoms with Gasteiger partial charge in [-0.15, -0.1) is 10.2 Å². The molecular weight excluding hydrogens is 296 g/mol. The Morgan fingerprint density at radius 3 is 2.95 bits per heavy atom. The van der Waals surface area contributed by atoms with E-state index < -0.39 is 0 Å². The van der Waals surface area contributed by atoms with Crippen molar-refractivity contribution in [2.45, 2.75) is 31.0 Å². The smallest absolute Gasteiger partial charge is 0.192 e. The second-order valence-corrected chi connectivity index (χ2v) is 6.59. The number of carbonyl (C=O) groups excluding carboxylic acids is 1. The van der Waals surface area contributed by atoms with E-state index in [1.54, 1.807) is 6.92 Å². The van der Waals surface area contributed by atoms with Gasteiger partial charge in [-0.1, -0.05) is 30.0 Å². The Morgan fingerprint density at radius 1 is 1.36 bits per heavy atom. The molecule has 4 rings (SSSR count). The number of hydrogen-bond acceptors (Lipinski definition) is 4. The molecule has 22 heavy (non-hydrogen) atoms. The molecule has 1 N–H and O–H groups in total. The fourth-order valence-electron chi connectivity index (χ4n) is 2.64. The van der Waals surface area contributed by atoms with Gasteiger partial charge in [0.2, 0.25) is 0 Å². The maximum atomic E-state index is 11.2. The van der Waals surface area contributed by atoms with Crippen LogP contribution in [0.2, 0.25) is 0 Å². The Balaban J connectivity index is 1.80. The van der Waals surface area contributed by atoms with Crippen molar-refractivity contribution in [1.29, 1.82) is 0 Å². The molecule has 0 radical (unpaired) electrons. The summed E-state index contributed by atoms with van der Waals surface area (Å²) in [6.45, 7) is 1.60. The summed E-state index contributed by atoms with van der Waals surface area (Å²) >= 11 is 1.48. The minimum Gasteiger partial charge on any atom is -0.360 e. The molecule has 0 aliphatic heterocycles. The zero-order valence-electron chi connectivity index (χ0n) is 12.2. The molecule has 2 aromatic heterocycles. The van der Waals surface area contributed by atoms with Crippen LogP contribution in [-0.2, 0) is 4.79 Å². The fourth-order valence-corrected chi connectivity index (χ4v) is 3.45. The lowest BCUT2D eigenvalue weighted by molar-refractivity contribution is -0.114. The summed E-state index contributed by atoms with van der Waals surface area (Å²) in [4.78, 5) is 14.5. The van der Waals surface area contributed by atoms with Gasteiger partial charge in [0.15, 0.2) is 11.0 Å². The van der Waals surface area contributed by atoms with E-state index in [0.717, 1.165) is 40.3 Å². The number of H-pyrrole nitrogens is 1. The molecule has 0 bridgehead atoms. The van der Waals surface area contributed by atoms with E-state index in [4.69, 9.17) is 0 Å². The number of nitrogens with zero attached hydrogens (tertiary/aromatic N) is 3. The van der Waals surface area contributed by atoms with Crippen LogP contribution >= 0.6 is 11.8 Å². The number of para-hydroxylation sites is 1. The first kappa shape index (κ1) is 13.6. The molecular formula is C16H16N4OS. The lowest BCUT2D eigenvalue weighted by Crippen LogP contribution is -2.01. The van der Waals surface area contributed by atoms with Crippen LogP contribution in [0.5, 0.6) is 0 Å². The number of Topliss-reactive ketones (excluding diaryl/α,β-unsaturated/α-hetero) is 1. The van der Waals surface area contributed by atoms with Crippen molar-refractivity contribution in [2.24, 2.45) is 0 Å². The highest BCUT2D eigenvalue weighted by molar-refractivity contribution is 7.99. The number of aromatic amines is 1. The van der Waals surface area contributed by atoms with Gasteiger partial charge in [0.1, 0.15) is 5.78 Å². The van der Waals surface area contributed by atoms with Crippen LogP contribution in [0, 0.1) is 0 Å². The highest BCUT2D eigenvalue weighted by Gasteiger charge is 2.30. The second kappa shape index (κ2) is 5.28. The average molecular weight is 312 g/mol. The van der Waals surface area contributed by atoms with Crippen LogP contribution in [-0.4, -0.2) is 31.3 Å². The standard InChI is InChI=1S/C16H16N4OS/c1-10(21)9-22-16-19-18-15(20(16)11-6-7-11)13-8-17-14-5-3-2-4-12(13)14/h2-5,8,11,17H,6-7,9H2,1H3. The highest BCUT2D eigenvalue weighted by Crippen LogP contribution is 2.42. The third-order valence-corrected chi connectivity index (χ3v) is 4.90. The number of benzene rings is 1. The largest absolute Gasteiger partial charge is 0.360 e. The van der Waals surface area contributed by atoms with Gasteiger partial charge in [0, 0.05) is 28.7 Å². The minimum absolute atomic E-state index is 0.156. The van der Waals surface area contributed by atoms with E-state index in [-0.39, 0.29) is 5.78 Å². The Bertz CT molecular complexity index is 847. The predicted molar refractivity (Wildman–Crippen MR) is 87.0 cm³/mol. The molecule has 1 aromatic carbocycles. The highest BCUT2D eigenvalue weighted by atomic mass is 32.2. The number of carbonyl (C=O) groups is 1. The Kier molecular flexibility index (Phi) is 3.26. The summed E-state index contributed by atoms with van der Waals surface area (Å²) in [5.74, 6) is 1.49. The predicted octanol–water partition coefficient (Wildman–Crippen LogP) is 3.44. The van der Waals surface area contributed by atoms with E-state index in [1.165, 1.54) is 11.8 Å². The molecule has 3 aromatic rings. The van der Waals surface area contributed by atoms with Crippen molar-refractivity contribution in [2.75, 3.05) is 5.75 Å². The summed E-state index contributed by atoms with van der Waals surface area (Å²) in [5, 5.41) is 10.7. The van der Waals surface area contributed by atoms with Gasteiger partial charge in [-0.05, 0) is 25.8 Å². The van der Waals surface area contributed by atoms with Crippen LogP contribution in [0.3, 0.4) is 0 Å². The Labute approximate surface area is 132 Å². The quantitative estimate of drug-likeness (QED) is 0.733. The molecule has 0 atom stereocenters. The second-order valence-electron chi connectivity index (χ2n) is 5.65. The lowest BCUT2D eigenvalue weighted by atomic mass is 10.1. The van der Waals surface area contributed by atoms with Crippen molar-refractivity contribution < 1.29 is 4.79 Å². The van der Waals surface area contributed by atoms with Crippen LogP contribution in [0.25, 0.3) is 22.3 Å². The minimum atomic E-state index is 0.156. The van der Waals surface area contributed by atoms with Crippen molar-refractivity contribution in [1.82, 2.24) is 19.7 Å². The number of aromatic nitrogens is 4. The Morgan fingerprint density at radius 2 is 2.18 bits per heavy atom. The summed E-state index contributed by atoms with van der Waals surface area (Å²) in [7, 11) is 0. The van der Waals surface area contributed by atoms with Crippen LogP contribution in [0.1, 0.15) is 25.8 Å². The summed E-state index contributed by atoms with van der Waals surface area (Å²) in [5.41, 5.74) is 2.17. The topological polar surface area (TPSA) is 63.6 Å². The summed E-state index contributed by atoms with van der Waals surface area (Å²) < 4.78 is 2.20. The van der Waals surface area contributed by atoms with Gasteiger partial charge in [0.25, 0.3) is 0 Å². The number of nitrogens with one attached hydrogen (secondary N) is 1. The molecule has 0 unspecified atom stereocenters. The van der Waals surface area contributed by atoms with Gasteiger partial charge in [0.05, 0.1) is 5.75 Å². The van der Waals surface area contributed by atoms with Gasteiger partial charge < -0.3 is 4.98 Å². The first-order valence-corrected chi connectivity index (χ1v) is 8.36. The molecule has 1 saturated carbocycles. The fraction of sp³-hybridized carbons (Fsp3) is 0.312. The maximum absolute atomic E-state index is 11.2. The van der Waals surface area contributed by atoms with E-state index in [1.807, 2.05) is 18.3 Å². The molecule has 0 spiro atoms. The van der Waals surface area contributed by atoms with Gasteiger partial charge >= 0.3 is 0 Å². The van der Waals surface area contributed by atoms with E-state index in [0.29, 0.717) is 11.8 Å². The van der Waals surface area contributed by atoms with Crippen molar-refractivity contribution >= 4 is 28.4 Å². The molecule has 1 aliphatic rings. The SMILES string of the molecule is CC(=O)CSc1nnc(-c2c[nH]c3ccccc23)n1C1CC1. The zero-order chi connectivity index (χ0) is 15.1. The number of thioether (sulfide) groups is 1. The van der Waals surface area contributed by atoms with Crippen LogP contribution in [0.4, 0.5) is 0 Å². The molecule has 1 aliphatic carbocycles. The number of ketones is 1. The normalized spacial score (nSPS) is 14.6. The van der Waals surface area contributed by atoms with E-state index in [2.05, 4.69) is 31.9 Å². The summed E-state index contributed by atoms with van der Waals surface area (Å²) in [6.07, 6.45) is 4.30. The number of hydrogen-bond donors (Lipinski definition) is 1. The molecule has 5 nitrogen and oxygen atoms in total.